The topological polar surface area (TPSA) is 38.3 Å². The van der Waals surface area contributed by atoms with Gasteiger partial charge in [0.25, 0.3) is 0 Å². The van der Waals surface area contributed by atoms with E-state index in [0.717, 1.165) is 43.7 Å². The average Bonchev–Trinajstić information content (AvgIpc) is 2.69. The van der Waals surface area contributed by atoms with Crippen LogP contribution in [0.3, 0.4) is 0 Å². The predicted molar refractivity (Wildman–Crippen MR) is 120 cm³/mol. The lowest BCUT2D eigenvalue weighted by molar-refractivity contribution is -0.141. The summed E-state index contributed by atoms with van der Waals surface area (Å²) >= 11 is 17.9. The number of esters is 1. The zero-order chi connectivity index (χ0) is 20.8. The van der Waals surface area contributed by atoms with Crippen molar-refractivity contribution in [2.24, 2.45) is 0 Å². The molecule has 28 heavy (non-hydrogen) atoms. The molecule has 0 saturated carbocycles. The minimum absolute atomic E-state index is 0.399. The molecule has 1 aromatic rings. The lowest BCUT2D eigenvalue weighted by Gasteiger charge is -2.19. The number of methoxy groups -OCH3 is 1. The van der Waals surface area contributed by atoms with Crippen LogP contribution in [0.4, 0.5) is 0 Å². The summed E-state index contributed by atoms with van der Waals surface area (Å²) in [6.45, 7) is 3.22. The van der Waals surface area contributed by atoms with Gasteiger partial charge in [0.1, 0.15) is 0 Å². The maximum Gasteiger partial charge on any atom is 0.342 e. The zero-order valence-corrected chi connectivity index (χ0v) is 19.4. The van der Waals surface area contributed by atoms with E-state index >= 15 is 0 Å². The Hall–Kier alpha value is -0.480. The number of carbonyl (C=O) groups is 1. The van der Waals surface area contributed by atoms with Crippen LogP contribution < -0.4 is 5.32 Å². The molecule has 0 amide bonds. The van der Waals surface area contributed by atoms with E-state index in [4.69, 9.17) is 34.8 Å². The molecule has 0 aliphatic carbocycles. The molecule has 1 unspecified atom stereocenters. The molecule has 0 saturated heterocycles. The molecule has 0 aliphatic heterocycles. The summed E-state index contributed by atoms with van der Waals surface area (Å²) in [6, 6.07) is 8.58. The standard InChI is InChI=1S/C22H34Cl3NO2/c1-3-17-26-20(18-12-14-19(23)15-13-18)11-9-7-5-4-6-8-10-16-22(24,25)21(27)28-2/h12-15,20,26H,3-11,16-17H2,1-2H3. The number of hydrogen-bond donors (Lipinski definition) is 1. The molecular weight excluding hydrogens is 417 g/mol. The van der Waals surface area contributed by atoms with Crippen molar-refractivity contribution in [3.8, 4) is 0 Å². The van der Waals surface area contributed by atoms with Crippen LogP contribution in [0, 0.1) is 0 Å². The predicted octanol–water partition coefficient (Wildman–Crippen LogP) is 7.24. The van der Waals surface area contributed by atoms with Crippen molar-refractivity contribution in [1.82, 2.24) is 5.32 Å². The second-order valence-corrected chi connectivity index (χ2v) is 9.19. The first kappa shape index (κ1) is 25.6. The van der Waals surface area contributed by atoms with Gasteiger partial charge in [0.15, 0.2) is 0 Å². The van der Waals surface area contributed by atoms with E-state index in [2.05, 4.69) is 29.1 Å². The highest BCUT2D eigenvalue weighted by molar-refractivity contribution is 6.57. The number of alkyl halides is 2. The quantitative estimate of drug-likeness (QED) is 0.174. The minimum Gasteiger partial charge on any atom is -0.467 e. The summed E-state index contributed by atoms with van der Waals surface area (Å²) < 4.78 is 3.20. The SMILES string of the molecule is CCCNC(CCCCCCCCCC(Cl)(Cl)C(=O)OC)c1ccc(Cl)cc1. The van der Waals surface area contributed by atoms with Gasteiger partial charge >= 0.3 is 5.97 Å². The van der Waals surface area contributed by atoms with Crippen LogP contribution in [0.5, 0.6) is 0 Å². The molecule has 3 nitrogen and oxygen atoms in total. The number of hydrogen-bond acceptors (Lipinski definition) is 3. The normalized spacial score (nSPS) is 12.8. The van der Waals surface area contributed by atoms with Gasteiger partial charge in [-0.3, -0.25) is 0 Å². The molecule has 0 radical (unpaired) electrons. The first-order chi connectivity index (χ1) is 13.4. The summed E-state index contributed by atoms with van der Waals surface area (Å²) in [7, 11) is 1.30. The van der Waals surface area contributed by atoms with Crippen LogP contribution in [0.1, 0.15) is 82.7 Å². The van der Waals surface area contributed by atoms with Crippen molar-refractivity contribution in [1.29, 1.82) is 0 Å². The highest BCUT2D eigenvalue weighted by Gasteiger charge is 2.33. The number of unbranched alkanes of at least 4 members (excludes halogenated alkanes) is 6. The molecule has 1 N–H and O–H groups in total. The van der Waals surface area contributed by atoms with Gasteiger partial charge in [0.2, 0.25) is 4.33 Å². The third-order valence-electron chi connectivity index (χ3n) is 4.88. The molecule has 0 aromatic heterocycles. The summed E-state index contributed by atoms with van der Waals surface area (Å²) in [5.74, 6) is -0.567. The van der Waals surface area contributed by atoms with Crippen LogP contribution in [-0.2, 0) is 9.53 Å². The Labute approximate surface area is 185 Å². The highest BCUT2D eigenvalue weighted by atomic mass is 35.5. The Kier molecular flexibility index (Phi) is 13.2. The van der Waals surface area contributed by atoms with Gasteiger partial charge in [-0.2, -0.15) is 0 Å². The van der Waals surface area contributed by atoms with Crippen molar-refractivity contribution in [2.75, 3.05) is 13.7 Å². The smallest absolute Gasteiger partial charge is 0.342 e. The molecule has 0 bridgehead atoms. The molecule has 0 spiro atoms. The average molecular weight is 451 g/mol. The number of halogens is 3. The van der Waals surface area contributed by atoms with Gasteiger partial charge in [0, 0.05) is 11.1 Å². The van der Waals surface area contributed by atoms with Crippen molar-refractivity contribution in [3.05, 3.63) is 34.9 Å². The number of carbonyl (C=O) groups excluding carboxylic acids is 1. The van der Waals surface area contributed by atoms with Gasteiger partial charge < -0.3 is 10.1 Å². The van der Waals surface area contributed by atoms with Gasteiger partial charge in [-0.15, -0.1) is 0 Å². The van der Waals surface area contributed by atoms with Gasteiger partial charge in [-0.25, -0.2) is 4.79 Å². The van der Waals surface area contributed by atoms with E-state index in [-0.39, 0.29) is 0 Å². The number of ether oxygens (including phenoxy) is 1. The van der Waals surface area contributed by atoms with Crippen LogP contribution >= 0.6 is 34.8 Å². The van der Waals surface area contributed by atoms with Gasteiger partial charge in [-0.05, 0) is 49.9 Å². The summed E-state index contributed by atoms with van der Waals surface area (Å²) in [4.78, 5) is 11.4. The fourth-order valence-corrected chi connectivity index (χ4v) is 3.78. The minimum atomic E-state index is -1.41. The summed E-state index contributed by atoms with van der Waals surface area (Å²) in [5, 5.41) is 4.43. The molecule has 0 heterocycles. The summed E-state index contributed by atoms with van der Waals surface area (Å²) in [6.07, 6.45) is 10.6. The number of benzene rings is 1. The van der Waals surface area contributed by atoms with E-state index in [1.54, 1.807) is 0 Å². The maximum absolute atomic E-state index is 11.4. The maximum atomic E-state index is 11.4. The lowest BCUT2D eigenvalue weighted by atomic mass is 9.99. The fraction of sp³-hybridized carbons (Fsp3) is 0.682. The second-order valence-electron chi connectivity index (χ2n) is 7.27. The molecular formula is C22H34Cl3NO2. The number of nitrogens with one attached hydrogen (secondary N) is 1. The van der Waals surface area contributed by atoms with E-state index in [1.807, 2.05) is 12.1 Å². The first-order valence-corrected chi connectivity index (χ1v) is 11.5. The highest BCUT2D eigenvalue weighted by Crippen LogP contribution is 2.29. The Morgan fingerprint density at radius 3 is 2.18 bits per heavy atom. The zero-order valence-electron chi connectivity index (χ0n) is 17.1. The third-order valence-corrected chi connectivity index (χ3v) is 5.82. The third kappa shape index (κ3) is 10.3. The molecule has 1 aromatic carbocycles. The van der Waals surface area contributed by atoms with Crippen molar-refractivity contribution >= 4 is 40.8 Å². The molecule has 160 valence electrons. The monoisotopic (exact) mass is 449 g/mol. The Balaban J connectivity index is 2.17. The molecule has 1 rings (SSSR count). The van der Waals surface area contributed by atoms with Crippen molar-refractivity contribution in [3.63, 3.8) is 0 Å². The Morgan fingerprint density at radius 1 is 1.04 bits per heavy atom. The lowest BCUT2D eigenvalue weighted by Crippen LogP contribution is -2.27. The second kappa shape index (κ2) is 14.5. The van der Waals surface area contributed by atoms with Crippen LogP contribution in [-0.4, -0.2) is 24.0 Å². The van der Waals surface area contributed by atoms with E-state index in [0.29, 0.717) is 12.5 Å². The molecule has 0 aliphatic rings. The fourth-order valence-electron chi connectivity index (χ4n) is 3.23. The van der Waals surface area contributed by atoms with Crippen molar-refractivity contribution in [2.45, 2.75) is 81.5 Å². The van der Waals surface area contributed by atoms with Crippen LogP contribution in [0.15, 0.2) is 24.3 Å². The van der Waals surface area contributed by atoms with Crippen LogP contribution in [0.2, 0.25) is 5.02 Å². The first-order valence-electron chi connectivity index (χ1n) is 10.4. The van der Waals surface area contributed by atoms with E-state index in [9.17, 15) is 4.79 Å². The van der Waals surface area contributed by atoms with Crippen LogP contribution in [0.25, 0.3) is 0 Å². The molecule has 0 fully saturated rings. The Morgan fingerprint density at radius 2 is 1.61 bits per heavy atom. The Bertz CT molecular complexity index is 549. The number of rotatable bonds is 15. The van der Waals surface area contributed by atoms with Gasteiger partial charge in [0.05, 0.1) is 7.11 Å². The largest absolute Gasteiger partial charge is 0.467 e. The molecule has 1 atom stereocenters. The molecule has 6 heteroatoms. The summed E-state index contributed by atoms with van der Waals surface area (Å²) in [5.41, 5.74) is 1.31. The van der Waals surface area contributed by atoms with E-state index < -0.39 is 10.3 Å². The van der Waals surface area contributed by atoms with Crippen molar-refractivity contribution < 1.29 is 9.53 Å². The van der Waals surface area contributed by atoms with Gasteiger partial charge in [-0.1, -0.05) is 92.4 Å². The van der Waals surface area contributed by atoms with E-state index in [1.165, 1.54) is 38.4 Å².